The molecule has 0 bridgehead atoms. The summed E-state index contributed by atoms with van der Waals surface area (Å²) in [5, 5.41) is 4.09. The Morgan fingerprint density at radius 2 is 2.13 bits per heavy atom. The van der Waals surface area contributed by atoms with Crippen LogP contribution in [0.5, 0.6) is 0 Å². The molecule has 0 saturated carbocycles. The molecule has 6 heteroatoms. The van der Waals surface area contributed by atoms with Crippen LogP contribution in [0.2, 0.25) is 0 Å². The molecule has 15 heavy (non-hydrogen) atoms. The smallest absolute Gasteiger partial charge is 0.213 e. The molecule has 1 aromatic rings. The zero-order chi connectivity index (χ0) is 11.5. The van der Waals surface area contributed by atoms with Gasteiger partial charge in [0.05, 0.1) is 18.0 Å². The van der Waals surface area contributed by atoms with E-state index in [0.29, 0.717) is 6.54 Å². The van der Waals surface area contributed by atoms with E-state index >= 15 is 0 Å². The summed E-state index contributed by atoms with van der Waals surface area (Å²) in [5.41, 5.74) is 0.914. The molecule has 0 radical (unpaired) electrons. The Kier molecular flexibility index (Phi) is 3.87. The highest BCUT2D eigenvalue weighted by atomic mass is 32.2. The average Bonchev–Trinajstić information content (AvgIpc) is 2.65. The lowest BCUT2D eigenvalue weighted by atomic mass is 10.4. The van der Waals surface area contributed by atoms with Crippen molar-refractivity contribution in [3.8, 4) is 0 Å². The number of aryl methyl sites for hydroxylation is 1. The average molecular weight is 231 g/mol. The Morgan fingerprint density at radius 3 is 2.67 bits per heavy atom. The standard InChI is InChI=1S/C9H17N3O2S/c1-4-12-9(6-7-10-12)8-11(3)15(13,14)5-2/h6-7H,4-5,8H2,1-3H3. The van der Waals surface area contributed by atoms with Crippen LogP contribution in [0, 0.1) is 0 Å². The molecule has 0 aliphatic rings. The molecule has 1 rings (SSSR count). The highest BCUT2D eigenvalue weighted by Gasteiger charge is 2.16. The predicted molar refractivity (Wildman–Crippen MR) is 58.8 cm³/mol. The maximum atomic E-state index is 11.5. The highest BCUT2D eigenvalue weighted by Crippen LogP contribution is 2.07. The molecule has 0 aliphatic heterocycles. The Bertz CT molecular complexity index is 411. The van der Waals surface area contributed by atoms with Gasteiger partial charge < -0.3 is 0 Å². The minimum Gasteiger partial charge on any atom is -0.269 e. The van der Waals surface area contributed by atoms with Gasteiger partial charge in [-0.2, -0.15) is 9.40 Å². The first-order chi connectivity index (χ1) is 7.01. The van der Waals surface area contributed by atoms with E-state index in [0.717, 1.165) is 12.2 Å². The van der Waals surface area contributed by atoms with Gasteiger partial charge in [-0.3, -0.25) is 4.68 Å². The summed E-state index contributed by atoms with van der Waals surface area (Å²) in [7, 11) is -1.52. The van der Waals surface area contributed by atoms with Crippen molar-refractivity contribution in [1.29, 1.82) is 0 Å². The summed E-state index contributed by atoms with van der Waals surface area (Å²) < 4.78 is 26.2. The molecule has 0 aromatic carbocycles. The fourth-order valence-corrected chi connectivity index (χ4v) is 2.10. The van der Waals surface area contributed by atoms with Crippen molar-refractivity contribution in [2.45, 2.75) is 26.9 Å². The first-order valence-corrected chi connectivity index (χ1v) is 6.56. The SMILES string of the molecule is CCn1nccc1CN(C)S(=O)(=O)CC. The van der Waals surface area contributed by atoms with Gasteiger partial charge in [0.25, 0.3) is 0 Å². The van der Waals surface area contributed by atoms with E-state index in [1.807, 2.05) is 13.0 Å². The number of sulfonamides is 1. The van der Waals surface area contributed by atoms with E-state index in [4.69, 9.17) is 0 Å². The van der Waals surface area contributed by atoms with Gasteiger partial charge in [-0.05, 0) is 19.9 Å². The second kappa shape index (κ2) is 4.76. The number of hydrogen-bond acceptors (Lipinski definition) is 3. The van der Waals surface area contributed by atoms with Crippen molar-refractivity contribution in [2.75, 3.05) is 12.8 Å². The number of aromatic nitrogens is 2. The van der Waals surface area contributed by atoms with Gasteiger partial charge in [0, 0.05) is 19.8 Å². The molecule has 1 aromatic heterocycles. The first kappa shape index (κ1) is 12.2. The lowest BCUT2D eigenvalue weighted by Gasteiger charge is -2.16. The molecular formula is C9H17N3O2S. The van der Waals surface area contributed by atoms with E-state index in [1.165, 1.54) is 4.31 Å². The molecule has 0 saturated heterocycles. The van der Waals surface area contributed by atoms with Crippen LogP contribution >= 0.6 is 0 Å². The maximum absolute atomic E-state index is 11.5. The molecule has 0 N–H and O–H groups in total. The Balaban J connectivity index is 2.79. The molecular weight excluding hydrogens is 214 g/mol. The summed E-state index contributed by atoms with van der Waals surface area (Å²) in [6.45, 7) is 4.75. The zero-order valence-corrected chi connectivity index (χ0v) is 10.2. The third kappa shape index (κ3) is 2.79. The largest absolute Gasteiger partial charge is 0.269 e. The summed E-state index contributed by atoms with van der Waals surface area (Å²) >= 11 is 0. The topological polar surface area (TPSA) is 55.2 Å². The van der Waals surface area contributed by atoms with Gasteiger partial charge >= 0.3 is 0 Å². The number of hydrogen-bond donors (Lipinski definition) is 0. The van der Waals surface area contributed by atoms with Gasteiger partial charge in [0.2, 0.25) is 10.0 Å². The normalized spacial score (nSPS) is 12.3. The van der Waals surface area contributed by atoms with Crippen LogP contribution in [0.3, 0.4) is 0 Å². The number of nitrogens with zero attached hydrogens (tertiary/aromatic N) is 3. The van der Waals surface area contributed by atoms with Gasteiger partial charge in [-0.1, -0.05) is 0 Å². The maximum Gasteiger partial charge on any atom is 0.213 e. The first-order valence-electron chi connectivity index (χ1n) is 4.96. The van der Waals surface area contributed by atoms with Crippen LogP contribution in [0.15, 0.2) is 12.3 Å². The monoisotopic (exact) mass is 231 g/mol. The van der Waals surface area contributed by atoms with Crippen LogP contribution in [0.25, 0.3) is 0 Å². The van der Waals surface area contributed by atoms with Crippen molar-refractivity contribution in [3.63, 3.8) is 0 Å². The van der Waals surface area contributed by atoms with Gasteiger partial charge in [-0.15, -0.1) is 0 Å². The second-order valence-corrected chi connectivity index (χ2v) is 5.66. The van der Waals surface area contributed by atoms with Crippen LogP contribution in [0.4, 0.5) is 0 Å². The van der Waals surface area contributed by atoms with E-state index < -0.39 is 10.0 Å². The number of rotatable bonds is 5. The van der Waals surface area contributed by atoms with E-state index in [-0.39, 0.29) is 5.75 Å². The lowest BCUT2D eigenvalue weighted by Crippen LogP contribution is -2.28. The molecule has 0 spiro atoms. The fourth-order valence-electron chi connectivity index (χ4n) is 1.33. The van der Waals surface area contributed by atoms with Crippen LogP contribution < -0.4 is 0 Å². The van der Waals surface area contributed by atoms with Gasteiger partial charge in [-0.25, -0.2) is 8.42 Å². The van der Waals surface area contributed by atoms with Crippen molar-refractivity contribution < 1.29 is 8.42 Å². The quantitative estimate of drug-likeness (QED) is 0.749. The zero-order valence-electron chi connectivity index (χ0n) is 9.34. The summed E-state index contributed by atoms with van der Waals surface area (Å²) in [6.07, 6.45) is 1.69. The van der Waals surface area contributed by atoms with Crippen LogP contribution in [-0.2, 0) is 23.1 Å². The molecule has 0 unspecified atom stereocenters. The van der Waals surface area contributed by atoms with Crippen molar-refractivity contribution in [1.82, 2.24) is 14.1 Å². The molecule has 0 aliphatic carbocycles. The minimum absolute atomic E-state index is 0.129. The third-order valence-corrected chi connectivity index (χ3v) is 4.14. The Hall–Kier alpha value is -0.880. The molecule has 5 nitrogen and oxygen atoms in total. The Labute approximate surface area is 90.7 Å². The Morgan fingerprint density at radius 1 is 1.47 bits per heavy atom. The fraction of sp³-hybridized carbons (Fsp3) is 0.667. The van der Waals surface area contributed by atoms with Crippen LogP contribution in [-0.4, -0.2) is 35.3 Å². The predicted octanol–water partition coefficient (Wildman–Crippen LogP) is 0.685. The highest BCUT2D eigenvalue weighted by molar-refractivity contribution is 7.89. The lowest BCUT2D eigenvalue weighted by molar-refractivity contribution is 0.448. The van der Waals surface area contributed by atoms with Crippen molar-refractivity contribution in [2.24, 2.45) is 0 Å². The van der Waals surface area contributed by atoms with Gasteiger partial charge in [0.1, 0.15) is 0 Å². The summed E-state index contributed by atoms with van der Waals surface area (Å²) in [5.74, 6) is 0.129. The minimum atomic E-state index is -3.11. The van der Waals surface area contributed by atoms with Crippen molar-refractivity contribution in [3.05, 3.63) is 18.0 Å². The molecule has 1 heterocycles. The molecule has 86 valence electrons. The van der Waals surface area contributed by atoms with Crippen molar-refractivity contribution >= 4 is 10.0 Å². The van der Waals surface area contributed by atoms with E-state index in [2.05, 4.69) is 5.10 Å². The summed E-state index contributed by atoms with van der Waals surface area (Å²) in [6, 6.07) is 1.84. The molecule has 0 fully saturated rings. The third-order valence-electron chi connectivity index (χ3n) is 2.33. The van der Waals surface area contributed by atoms with Gasteiger partial charge in [0.15, 0.2) is 0 Å². The van der Waals surface area contributed by atoms with E-state index in [9.17, 15) is 8.42 Å². The van der Waals surface area contributed by atoms with E-state index in [1.54, 1.807) is 24.9 Å². The molecule has 0 amide bonds. The molecule has 0 atom stereocenters. The second-order valence-electron chi connectivity index (χ2n) is 3.29. The van der Waals surface area contributed by atoms with Crippen LogP contribution in [0.1, 0.15) is 19.5 Å². The summed E-state index contributed by atoms with van der Waals surface area (Å²) in [4.78, 5) is 0.